The van der Waals surface area contributed by atoms with Gasteiger partial charge in [-0.15, -0.1) is 0 Å². The van der Waals surface area contributed by atoms with Crippen LogP contribution < -0.4 is 10.9 Å². The summed E-state index contributed by atoms with van der Waals surface area (Å²) in [6, 6.07) is 10.8. The first-order chi connectivity index (χ1) is 15.1. The van der Waals surface area contributed by atoms with E-state index in [1.165, 1.54) is 23.8 Å². The first-order valence-electron chi connectivity index (χ1n) is 9.76. The van der Waals surface area contributed by atoms with Crippen LogP contribution in [0.15, 0.2) is 58.5 Å². The number of methoxy groups -OCH3 is 1. The number of nitrogens with one attached hydrogen (secondary N) is 1. The molecule has 0 fully saturated rings. The van der Waals surface area contributed by atoms with Crippen molar-refractivity contribution >= 4 is 34.3 Å². The Hall–Kier alpha value is -2.85. The predicted octanol–water partition coefficient (Wildman–Crippen LogP) is 4.74. The zero-order chi connectivity index (χ0) is 23.5. The van der Waals surface area contributed by atoms with Crippen LogP contribution in [-0.4, -0.2) is 34.4 Å². The van der Waals surface area contributed by atoms with Gasteiger partial charge in [-0.1, -0.05) is 23.9 Å². The van der Waals surface area contributed by atoms with Crippen LogP contribution in [0.2, 0.25) is 0 Å². The summed E-state index contributed by atoms with van der Waals surface area (Å²) in [7, 11) is 1.53. The van der Waals surface area contributed by atoms with Crippen molar-refractivity contribution in [1.82, 2.24) is 9.55 Å². The van der Waals surface area contributed by atoms with Gasteiger partial charge in [-0.25, -0.2) is 4.98 Å². The van der Waals surface area contributed by atoms with E-state index in [0.717, 1.165) is 23.9 Å². The highest BCUT2D eigenvalue weighted by Crippen LogP contribution is 2.30. The molecule has 0 saturated carbocycles. The number of amides is 1. The molecule has 1 heterocycles. The van der Waals surface area contributed by atoms with Crippen molar-refractivity contribution in [1.29, 1.82) is 0 Å². The summed E-state index contributed by atoms with van der Waals surface area (Å²) in [5.41, 5.74) is -0.282. The number of hydrogen-bond acceptors (Lipinski definition) is 5. The van der Waals surface area contributed by atoms with Crippen LogP contribution in [0.1, 0.15) is 25.5 Å². The first kappa shape index (κ1) is 23.8. The van der Waals surface area contributed by atoms with E-state index in [-0.39, 0.29) is 23.9 Å². The number of carbonyl (C=O) groups is 1. The molecular weight excluding hydrogens is 443 g/mol. The molecule has 0 unspecified atom stereocenters. The maximum absolute atomic E-state index is 13.1. The fourth-order valence-electron chi connectivity index (χ4n) is 3.11. The number of para-hydroxylation sites is 1. The summed E-state index contributed by atoms with van der Waals surface area (Å²) in [6.45, 7) is 3.73. The number of anilines is 1. The van der Waals surface area contributed by atoms with Crippen LogP contribution in [0.25, 0.3) is 10.9 Å². The number of rotatable bonds is 7. The van der Waals surface area contributed by atoms with Crippen molar-refractivity contribution in [2.45, 2.75) is 36.5 Å². The highest BCUT2D eigenvalue weighted by molar-refractivity contribution is 8.00. The maximum atomic E-state index is 13.1. The molecule has 2 aromatic carbocycles. The van der Waals surface area contributed by atoms with Crippen molar-refractivity contribution in [3.63, 3.8) is 0 Å². The molecule has 0 aliphatic rings. The molecule has 1 aromatic heterocycles. The number of carbonyl (C=O) groups excluding carboxylic acids is 1. The molecule has 1 amide bonds. The van der Waals surface area contributed by atoms with Gasteiger partial charge in [0.25, 0.3) is 5.56 Å². The SMILES string of the molecule is COC[C@@H](C)n1c(S[C@@H](C)C(=O)Nc2ccc(C(F)(F)F)cc2)nc2ccccc2c1=O. The van der Waals surface area contributed by atoms with Crippen molar-refractivity contribution in [3.05, 3.63) is 64.4 Å². The Morgan fingerprint density at radius 2 is 1.81 bits per heavy atom. The van der Waals surface area contributed by atoms with Gasteiger partial charge in [0.05, 0.1) is 34.4 Å². The molecule has 3 rings (SSSR count). The average Bonchev–Trinajstić information content (AvgIpc) is 2.73. The van der Waals surface area contributed by atoms with Gasteiger partial charge in [0.2, 0.25) is 5.91 Å². The molecule has 0 aliphatic carbocycles. The van der Waals surface area contributed by atoms with Gasteiger partial charge in [0, 0.05) is 12.8 Å². The van der Waals surface area contributed by atoms with E-state index >= 15 is 0 Å². The van der Waals surface area contributed by atoms with Crippen LogP contribution in [-0.2, 0) is 15.7 Å². The van der Waals surface area contributed by atoms with Gasteiger partial charge in [-0.05, 0) is 50.2 Å². The second-order valence-corrected chi connectivity index (χ2v) is 8.52. The Kier molecular flexibility index (Phi) is 7.25. The molecule has 10 heteroatoms. The summed E-state index contributed by atoms with van der Waals surface area (Å²) in [4.78, 5) is 30.3. The highest BCUT2D eigenvalue weighted by Gasteiger charge is 2.30. The second kappa shape index (κ2) is 9.74. The minimum atomic E-state index is -4.45. The largest absolute Gasteiger partial charge is 0.416 e. The van der Waals surface area contributed by atoms with Gasteiger partial charge in [0.1, 0.15) is 0 Å². The number of halogens is 3. The quantitative estimate of drug-likeness (QED) is 0.403. The minimum absolute atomic E-state index is 0.238. The number of benzene rings is 2. The van der Waals surface area contributed by atoms with E-state index in [4.69, 9.17) is 4.74 Å². The molecular formula is C22H22F3N3O3S. The summed E-state index contributed by atoms with van der Waals surface area (Å²) in [5, 5.41) is 2.74. The van der Waals surface area contributed by atoms with Crippen LogP contribution in [0.4, 0.5) is 18.9 Å². The second-order valence-electron chi connectivity index (χ2n) is 7.22. The lowest BCUT2D eigenvalue weighted by molar-refractivity contribution is -0.137. The van der Waals surface area contributed by atoms with E-state index in [9.17, 15) is 22.8 Å². The van der Waals surface area contributed by atoms with E-state index in [1.807, 2.05) is 6.92 Å². The lowest BCUT2D eigenvalue weighted by Gasteiger charge is -2.20. The van der Waals surface area contributed by atoms with Crippen molar-refractivity contribution in [2.24, 2.45) is 0 Å². The molecule has 0 radical (unpaired) electrons. The molecule has 3 aromatic rings. The standard InChI is InChI=1S/C22H22F3N3O3S/c1-13(12-31-3)28-20(30)17-6-4-5-7-18(17)27-21(28)32-14(2)19(29)26-16-10-8-15(9-11-16)22(23,24)25/h4-11,13-14H,12H2,1-3H3,(H,26,29)/t13-,14+/m1/s1. The highest BCUT2D eigenvalue weighted by atomic mass is 32.2. The molecule has 170 valence electrons. The topological polar surface area (TPSA) is 73.2 Å². The van der Waals surface area contributed by atoms with Crippen molar-refractivity contribution in [3.8, 4) is 0 Å². The Morgan fingerprint density at radius 1 is 1.16 bits per heavy atom. The molecule has 1 N–H and O–H groups in total. The van der Waals surface area contributed by atoms with E-state index < -0.39 is 22.9 Å². The van der Waals surface area contributed by atoms with Crippen LogP contribution in [0, 0.1) is 0 Å². The molecule has 0 saturated heterocycles. The number of hydrogen-bond donors (Lipinski definition) is 1. The Bertz CT molecular complexity index is 1160. The number of fused-ring (bicyclic) bond motifs is 1. The number of nitrogens with zero attached hydrogens (tertiary/aromatic N) is 2. The van der Waals surface area contributed by atoms with Crippen LogP contribution in [0.5, 0.6) is 0 Å². The summed E-state index contributed by atoms with van der Waals surface area (Å²) >= 11 is 1.09. The van der Waals surface area contributed by atoms with Crippen LogP contribution in [0.3, 0.4) is 0 Å². The smallest absolute Gasteiger partial charge is 0.383 e. The first-order valence-corrected chi connectivity index (χ1v) is 10.6. The lowest BCUT2D eigenvalue weighted by Crippen LogP contribution is -2.30. The third kappa shape index (κ3) is 5.31. The molecule has 2 atom stereocenters. The normalized spacial score (nSPS) is 13.7. The zero-order valence-electron chi connectivity index (χ0n) is 17.6. The lowest BCUT2D eigenvalue weighted by atomic mass is 10.2. The fraction of sp³-hybridized carbons (Fsp3) is 0.318. The molecule has 32 heavy (non-hydrogen) atoms. The van der Waals surface area contributed by atoms with Crippen molar-refractivity contribution < 1.29 is 22.7 Å². The minimum Gasteiger partial charge on any atom is -0.383 e. The number of aromatic nitrogens is 2. The average molecular weight is 465 g/mol. The van der Waals surface area contributed by atoms with E-state index in [0.29, 0.717) is 16.1 Å². The van der Waals surface area contributed by atoms with Gasteiger partial charge in [-0.2, -0.15) is 13.2 Å². The third-order valence-electron chi connectivity index (χ3n) is 4.76. The maximum Gasteiger partial charge on any atom is 0.416 e. The van der Waals surface area contributed by atoms with Gasteiger partial charge >= 0.3 is 6.18 Å². The Labute approximate surface area is 186 Å². The molecule has 6 nitrogen and oxygen atoms in total. The van der Waals surface area contributed by atoms with E-state index in [2.05, 4.69) is 10.3 Å². The zero-order valence-corrected chi connectivity index (χ0v) is 18.5. The predicted molar refractivity (Wildman–Crippen MR) is 118 cm³/mol. The van der Waals surface area contributed by atoms with Gasteiger partial charge < -0.3 is 10.1 Å². The Balaban J connectivity index is 1.85. The number of ether oxygens (including phenoxy) is 1. The van der Waals surface area contributed by atoms with Gasteiger partial charge in [0.15, 0.2) is 5.16 Å². The molecule has 0 bridgehead atoms. The monoisotopic (exact) mass is 465 g/mol. The molecule has 0 aliphatic heterocycles. The summed E-state index contributed by atoms with van der Waals surface area (Å²) < 4.78 is 44.8. The Morgan fingerprint density at radius 3 is 2.44 bits per heavy atom. The molecule has 0 spiro atoms. The number of thioether (sulfide) groups is 1. The summed E-state index contributed by atoms with van der Waals surface area (Å²) in [6.07, 6.45) is -4.45. The number of alkyl halides is 3. The fourth-order valence-corrected chi connectivity index (χ4v) is 4.12. The third-order valence-corrected chi connectivity index (χ3v) is 5.82. The van der Waals surface area contributed by atoms with Crippen molar-refractivity contribution in [2.75, 3.05) is 19.0 Å². The summed E-state index contributed by atoms with van der Waals surface area (Å²) in [5.74, 6) is -0.428. The van der Waals surface area contributed by atoms with Gasteiger partial charge in [-0.3, -0.25) is 14.2 Å². The van der Waals surface area contributed by atoms with E-state index in [1.54, 1.807) is 31.2 Å². The van der Waals surface area contributed by atoms with Crippen LogP contribution >= 0.6 is 11.8 Å².